The van der Waals surface area contributed by atoms with Gasteiger partial charge in [-0.1, -0.05) is 25.0 Å². The number of hydrogen-bond acceptors (Lipinski definition) is 6. The summed E-state index contributed by atoms with van der Waals surface area (Å²) < 4.78 is 27.5. The number of halogens is 2. The maximum Gasteiger partial charge on any atom is 0.248 e. The van der Waals surface area contributed by atoms with E-state index in [9.17, 15) is 13.9 Å². The highest BCUT2D eigenvalue weighted by atomic mass is 32.1. The van der Waals surface area contributed by atoms with Gasteiger partial charge in [0.05, 0.1) is 0 Å². The third-order valence-electron chi connectivity index (χ3n) is 10.9. The molecule has 0 amide bonds. The molecule has 0 bridgehead atoms. The number of hydrogen-bond donors (Lipinski definition) is 2. The van der Waals surface area contributed by atoms with Crippen LogP contribution in [0.5, 0.6) is 0 Å². The molecule has 2 aliphatic heterocycles. The van der Waals surface area contributed by atoms with E-state index in [1.54, 1.807) is 11.3 Å². The Balaban J connectivity index is 1.12. The first-order chi connectivity index (χ1) is 18.1. The van der Waals surface area contributed by atoms with Gasteiger partial charge in [0.2, 0.25) is 5.92 Å². The van der Waals surface area contributed by atoms with Crippen molar-refractivity contribution in [2.24, 2.45) is 22.4 Å². The van der Waals surface area contributed by atoms with Gasteiger partial charge in [-0.15, -0.1) is 11.3 Å². The number of rotatable bonds is 9. The molecule has 7 atom stereocenters. The lowest BCUT2D eigenvalue weighted by atomic mass is 9.53. The molecule has 1 saturated heterocycles. The molecule has 4 fully saturated rings. The van der Waals surface area contributed by atoms with E-state index < -0.39 is 12.2 Å². The fraction of sp³-hybridized carbons (Fsp3) is 0.828. The highest BCUT2D eigenvalue weighted by Gasteiger charge is 2.69. The van der Waals surface area contributed by atoms with Crippen molar-refractivity contribution in [1.82, 2.24) is 14.7 Å². The van der Waals surface area contributed by atoms with Crippen LogP contribution in [-0.2, 0) is 0 Å². The second kappa shape index (κ2) is 10.1. The minimum absolute atomic E-state index is 0.0861. The van der Waals surface area contributed by atoms with Crippen molar-refractivity contribution in [2.45, 2.75) is 121 Å². The van der Waals surface area contributed by atoms with E-state index in [0.717, 1.165) is 13.0 Å². The number of thiophene rings is 1. The molecule has 0 aromatic carbocycles. The zero-order valence-electron chi connectivity index (χ0n) is 23.4. The van der Waals surface area contributed by atoms with Crippen LogP contribution in [0.1, 0.15) is 89.5 Å². The van der Waals surface area contributed by atoms with Crippen molar-refractivity contribution in [2.75, 3.05) is 13.6 Å². The van der Waals surface area contributed by atoms with Crippen LogP contribution >= 0.6 is 11.3 Å². The Hall–Kier alpha value is -1.13. The quantitative estimate of drug-likeness (QED) is 0.353. The van der Waals surface area contributed by atoms with Gasteiger partial charge in [-0.05, 0) is 76.3 Å². The van der Waals surface area contributed by atoms with Crippen molar-refractivity contribution >= 4 is 17.2 Å². The third kappa shape index (κ3) is 4.44. The maximum absolute atomic E-state index is 13.8. The van der Waals surface area contributed by atoms with Gasteiger partial charge in [-0.25, -0.2) is 8.78 Å². The van der Waals surface area contributed by atoms with Gasteiger partial charge in [0.15, 0.2) is 12.0 Å². The molecule has 3 aliphatic carbocycles. The number of nitrogens with zero attached hydrogens (tertiary/aromatic N) is 4. The zero-order chi connectivity index (χ0) is 26.8. The van der Waals surface area contributed by atoms with Gasteiger partial charge < -0.3 is 10.0 Å². The van der Waals surface area contributed by atoms with Crippen LogP contribution in [0.2, 0.25) is 0 Å². The summed E-state index contributed by atoms with van der Waals surface area (Å²) in [6.45, 7) is 7.81. The zero-order valence-corrected chi connectivity index (χ0v) is 24.2. The number of quaternary nitrogens is 1. The van der Waals surface area contributed by atoms with E-state index in [1.165, 1.54) is 36.4 Å². The molecule has 5 unspecified atom stereocenters. The molecule has 1 aromatic rings. The van der Waals surface area contributed by atoms with Gasteiger partial charge >= 0.3 is 0 Å². The Labute approximate surface area is 230 Å². The highest BCUT2D eigenvalue weighted by molar-refractivity contribution is 7.10. The summed E-state index contributed by atoms with van der Waals surface area (Å²) in [5.41, 5.74) is 2.65. The van der Waals surface area contributed by atoms with Crippen molar-refractivity contribution in [3.63, 3.8) is 0 Å². The molecule has 3 saturated carbocycles. The summed E-state index contributed by atoms with van der Waals surface area (Å²) in [5.74, 6) is -0.913. The molecule has 9 heteroatoms. The molecule has 5 aliphatic rings. The molecule has 3 heterocycles. The molecule has 1 aromatic heterocycles. The molecular weight excluding hydrogens is 504 g/mol. The van der Waals surface area contributed by atoms with Gasteiger partial charge in [0, 0.05) is 59.8 Å². The second-order valence-electron chi connectivity index (χ2n) is 13.2. The number of aliphatic hydroxyl groups is 1. The topological polar surface area (TPSA) is 58.9 Å². The van der Waals surface area contributed by atoms with E-state index in [0.29, 0.717) is 48.5 Å². The van der Waals surface area contributed by atoms with Crippen LogP contribution in [0.25, 0.3) is 0 Å². The number of nitrogens with two attached hydrogens (primary N) is 1. The lowest BCUT2D eigenvalue weighted by Gasteiger charge is -2.68. The normalized spacial score (nSPS) is 36.6. The first-order valence-electron chi connectivity index (χ1n) is 14.8. The summed E-state index contributed by atoms with van der Waals surface area (Å²) >= 11 is 1.74. The average Bonchev–Trinajstić information content (AvgIpc) is 3.61. The number of alkyl halides is 2. The number of likely N-dealkylation sites (tertiary alicyclic amines) is 1. The van der Waals surface area contributed by atoms with E-state index in [2.05, 4.69) is 58.4 Å². The van der Waals surface area contributed by atoms with Crippen molar-refractivity contribution in [3.05, 3.63) is 22.4 Å². The standard InChI is InChI=1S/C29H45F2N5OS/c1-18(2)26-33-32-19(3)36(26)21-16-25-28(17-21)11-9-24(28)35(25)14-10-22(23-6-5-15-38-23)34(4)27(37)20-7-12-29(30,31)13-8-20/h5-6,15,18,20-22,24-27,33,37H,7-14,16-17H2,1-4H3/p+1/t21-,22+,24?,25?,26?,27?,28?/m1/s1. The van der Waals surface area contributed by atoms with Crippen LogP contribution in [0.15, 0.2) is 22.6 Å². The molecule has 1 spiro atoms. The molecule has 3 N–H and O–H groups in total. The fourth-order valence-electron chi connectivity index (χ4n) is 8.76. The Kier molecular flexibility index (Phi) is 7.16. The third-order valence-corrected chi connectivity index (χ3v) is 11.9. The van der Waals surface area contributed by atoms with Gasteiger partial charge in [-0.3, -0.25) is 9.80 Å². The van der Waals surface area contributed by atoms with E-state index in [1.807, 2.05) is 7.05 Å². The van der Waals surface area contributed by atoms with Crippen LogP contribution in [0, 0.1) is 17.3 Å². The summed E-state index contributed by atoms with van der Waals surface area (Å²) in [6.07, 6.45) is 6.43. The molecule has 0 radical (unpaired) electrons. The fourth-order valence-corrected chi connectivity index (χ4v) is 9.67. The van der Waals surface area contributed by atoms with Crippen LogP contribution < -0.4 is 5.43 Å². The SMILES string of the molecule is CC1=N[NH2+]C(C(C)C)N1[C@@H]1CC2N(CC[C@@H](c3cccs3)N(C)C(O)C3CCC(F)(F)CC3)C3CCC32C1. The largest absolute Gasteiger partial charge is 0.378 e. The molecule has 212 valence electrons. The van der Waals surface area contributed by atoms with Crippen molar-refractivity contribution < 1.29 is 19.3 Å². The molecule has 6 rings (SSSR count). The van der Waals surface area contributed by atoms with Crippen molar-refractivity contribution in [3.8, 4) is 0 Å². The Morgan fingerprint density at radius 1 is 1.21 bits per heavy atom. The molecule has 38 heavy (non-hydrogen) atoms. The molecule has 6 nitrogen and oxygen atoms in total. The minimum atomic E-state index is -2.57. The summed E-state index contributed by atoms with van der Waals surface area (Å²) in [7, 11) is 2.00. The van der Waals surface area contributed by atoms with Gasteiger partial charge in [-0.2, -0.15) is 5.43 Å². The summed E-state index contributed by atoms with van der Waals surface area (Å²) in [5, 5.41) is 18.1. The van der Waals surface area contributed by atoms with Gasteiger partial charge in [0.25, 0.3) is 0 Å². The Bertz CT molecular complexity index is 1010. The first-order valence-corrected chi connectivity index (χ1v) is 15.7. The van der Waals surface area contributed by atoms with Crippen LogP contribution in [0.4, 0.5) is 8.78 Å². The average molecular weight is 551 g/mol. The van der Waals surface area contributed by atoms with Crippen LogP contribution in [0.3, 0.4) is 0 Å². The number of amidine groups is 1. The molecular formula is C29H46F2N5OS+. The van der Waals surface area contributed by atoms with E-state index in [-0.39, 0.29) is 24.8 Å². The minimum Gasteiger partial charge on any atom is -0.378 e. The van der Waals surface area contributed by atoms with E-state index >= 15 is 0 Å². The Morgan fingerprint density at radius 2 is 1.97 bits per heavy atom. The van der Waals surface area contributed by atoms with Gasteiger partial charge in [0.1, 0.15) is 6.23 Å². The lowest BCUT2D eigenvalue weighted by molar-refractivity contribution is -0.706. The predicted molar refractivity (Wildman–Crippen MR) is 147 cm³/mol. The Morgan fingerprint density at radius 3 is 2.61 bits per heavy atom. The second-order valence-corrected chi connectivity index (χ2v) is 14.2. The summed E-state index contributed by atoms with van der Waals surface area (Å²) in [4.78, 5) is 8.74. The monoisotopic (exact) mass is 550 g/mol. The predicted octanol–water partition coefficient (Wildman–Crippen LogP) is 4.44. The maximum atomic E-state index is 13.8. The van der Waals surface area contributed by atoms with Crippen molar-refractivity contribution in [1.29, 1.82) is 0 Å². The van der Waals surface area contributed by atoms with Crippen LogP contribution in [-0.4, -0.2) is 75.7 Å². The van der Waals surface area contributed by atoms with E-state index in [4.69, 9.17) is 5.10 Å². The highest BCUT2D eigenvalue weighted by Crippen LogP contribution is 2.66. The smallest absolute Gasteiger partial charge is 0.248 e. The summed E-state index contributed by atoms with van der Waals surface area (Å²) in [6, 6.07) is 6.27. The lowest BCUT2D eigenvalue weighted by Crippen LogP contribution is -2.86. The first kappa shape index (κ1) is 27.1. The number of piperidine rings is 1. The number of aliphatic hydroxyl groups excluding tert-OH is 1.